The van der Waals surface area contributed by atoms with E-state index in [0.717, 1.165) is 38.9 Å². The van der Waals surface area contributed by atoms with Crippen LogP contribution in [0.5, 0.6) is 0 Å². The van der Waals surface area contributed by atoms with Gasteiger partial charge in [-0.2, -0.15) is 0 Å². The summed E-state index contributed by atoms with van der Waals surface area (Å²) in [7, 11) is 2.02. The molecule has 1 unspecified atom stereocenters. The second-order valence-electron chi connectivity index (χ2n) is 6.67. The standard InChI is InChI=1S/C16H25N5O2/c1-19-11-18-9-14(19)4-7-20-5-2-13(3-6-20)21-10-12(16(17)23)8-15(21)22/h9,11-13H,2-8,10H2,1H3,(H2,17,23). The molecule has 2 N–H and O–H groups in total. The molecule has 0 aliphatic carbocycles. The Bertz CT molecular complexity index is 577. The van der Waals surface area contributed by atoms with E-state index < -0.39 is 0 Å². The van der Waals surface area contributed by atoms with Crippen molar-refractivity contribution in [2.45, 2.75) is 31.7 Å². The van der Waals surface area contributed by atoms with Crippen molar-refractivity contribution in [3.05, 3.63) is 18.2 Å². The Hall–Kier alpha value is -1.89. The number of aryl methyl sites for hydroxylation is 1. The van der Waals surface area contributed by atoms with Gasteiger partial charge in [-0.25, -0.2) is 4.98 Å². The summed E-state index contributed by atoms with van der Waals surface area (Å²) in [5.74, 6) is -0.568. The van der Waals surface area contributed by atoms with Gasteiger partial charge in [0, 0.05) is 64.0 Å². The van der Waals surface area contributed by atoms with Crippen molar-refractivity contribution in [3.8, 4) is 0 Å². The SMILES string of the molecule is Cn1cncc1CCN1CCC(N2CC(C(N)=O)CC2=O)CC1. The Labute approximate surface area is 136 Å². The lowest BCUT2D eigenvalue weighted by Crippen LogP contribution is -2.46. The van der Waals surface area contributed by atoms with Gasteiger partial charge in [0.1, 0.15) is 0 Å². The van der Waals surface area contributed by atoms with Crippen molar-refractivity contribution in [2.24, 2.45) is 18.7 Å². The number of aromatic nitrogens is 2. The van der Waals surface area contributed by atoms with Crippen LogP contribution in [0, 0.1) is 5.92 Å². The highest BCUT2D eigenvalue weighted by Crippen LogP contribution is 2.25. The first-order valence-electron chi connectivity index (χ1n) is 8.31. The molecule has 3 heterocycles. The average molecular weight is 319 g/mol. The number of hydrogen-bond donors (Lipinski definition) is 1. The Morgan fingerprint density at radius 3 is 2.70 bits per heavy atom. The van der Waals surface area contributed by atoms with Gasteiger partial charge >= 0.3 is 0 Å². The fourth-order valence-electron chi connectivity index (χ4n) is 3.63. The molecular formula is C16H25N5O2. The van der Waals surface area contributed by atoms with E-state index in [0.29, 0.717) is 6.54 Å². The molecule has 0 radical (unpaired) electrons. The smallest absolute Gasteiger partial charge is 0.223 e. The highest BCUT2D eigenvalue weighted by Gasteiger charge is 2.37. The predicted molar refractivity (Wildman–Crippen MR) is 85.4 cm³/mol. The van der Waals surface area contributed by atoms with Crippen LogP contribution < -0.4 is 5.73 Å². The zero-order valence-corrected chi connectivity index (χ0v) is 13.6. The zero-order valence-electron chi connectivity index (χ0n) is 13.6. The summed E-state index contributed by atoms with van der Waals surface area (Å²) in [5.41, 5.74) is 6.58. The normalized spacial score (nSPS) is 23.6. The van der Waals surface area contributed by atoms with E-state index in [-0.39, 0.29) is 30.2 Å². The molecule has 1 aromatic rings. The van der Waals surface area contributed by atoms with Crippen molar-refractivity contribution in [3.63, 3.8) is 0 Å². The van der Waals surface area contributed by atoms with Crippen LogP contribution in [0.25, 0.3) is 0 Å². The van der Waals surface area contributed by atoms with Gasteiger partial charge < -0.3 is 20.1 Å². The van der Waals surface area contributed by atoms with Crippen LogP contribution in [0.3, 0.4) is 0 Å². The zero-order chi connectivity index (χ0) is 16.4. The Morgan fingerprint density at radius 1 is 1.39 bits per heavy atom. The van der Waals surface area contributed by atoms with Gasteiger partial charge in [0.25, 0.3) is 0 Å². The Morgan fingerprint density at radius 2 is 2.13 bits per heavy atom. The van der Waals surface area contributed by atoms with Crippen LogP contribution in [0.15, 0.2) is 12.5 Å². The lowest BCUT2D eigenvalue weighted by Gasteiger charge is -2.36. The van der Waals surface area contributed by atoms with Crippen molar-refractivity contribution >= 4 is 11.8 Å². The molecule has 2 saturated heterocycles. The van der Waals surface area contributed by atoms with E-state index in [1.807, 2.05) is 24.5 Å². The summed E-state index contributed by atoms with van der Waals surface area (Å²) >= 11 is 0. The fraction of sp³-hybridized carbons (Fsp3) is 0.688. The summed E-state index contributed by atoms with van der Waals surface area (Å²) in [6.45, 7) is 3.51. The molecule has 2 amide bonds. The first kappa shape index (κ1) is 16.0. The molecule has 7 nitrogen and oxygen atoms in total. The third-order valence-corrected chi connectivity index (χ3v) is 5.16. The van der Waals surface area contributed by atoms with Gasteiger partial charge in [0.15, 0.2) is 0 Å². The van der Waals surface area contributed by atoms with Crippen molar-refractivity contribution in [2.75, 3.05) is 26.2 Å². The molecule has 7 heteroatoms. The van der Waals surface area contributed by atoms with Crippen LogP contribution in [0.4, 0.5) is 0 Å². The number of carbonyl (C=O) groups is 2. The maximum Gasteiger partial charge on any atom is 0.223 e. The molecule has 1 atom stereocenters. The molecular weight excluding hydrogens is 294 g/mol. The predicted octanol–water partition coefficient (Wildman–Crippen LogP) is -0.239. The minimum absolute atomic E-state index is 0.0853. The van der Waals surface area contributed by atoms with Gasteiger partial charge in [-0.1, -0.05) is 0 Å². The van der Waals surface area contributed by atoms with E-state index in [1.54, 1.807) is 0 Å². The molecule has 2 aliphatic heterocycles. The maximum atomic E-state index is 12.1. The van der Waals surface area contributed by atoms with Gasteiger partial charge in [0.05, 0.1) is 12.2 Å². The number of nitrogens with two attached hydrogens (primary N) is 1. The van der Waals surface area contributed by atoms with Crippen molar-refractivity contribution in [1.29, 1.82) is 0 Å². The summed E-state index contributed by atoms with van der Waals surface area (Å²) in [4.78, 5) is 31.8. The fourth-order valence-corrected chi connectivity index (χ4v) is 3.63. The van der Waals surface area contributed by atoms with Crippen LogP contribution in [-0.4, -0.2) is 63.4 Å². The third-order valence-electron chi connectivity index (χ3n) is 5.16. The van der Waals surface area contributed by atoms with Crippen LogP contribution >= 0.6 is 0 Å². The quantitative estimate of drug-likeness (QED) is 0.812. The van der Waals surface area contributed by atoms with E-state index >= 15 is 0 Å². The third kappa shape index (κ3) is 3.55. The van der Waals surface area contributed by atoms with Crippen LogP contribution in [0.2, 0.25) is 0 Å². The summed E-state index contributed by atoms with van der Waals surface area (Å²) in [5, 5.41) is 0. The van der Waals surface area contributed by atoms with Gasteiger partial charge in [-0.05, 0) is 12.8 Å². The Kier molecular flexibility index (Phi) is 4.66. The number of hydrogen-bond acceptors (Lipinski definition) is 4. The van der Waals surface area contributed by atoms with Gasteiger partial charge in [-0.15, -0.1) is 0 Å². The lowest BCUT2D eigenvalue weighted by atomic mass is 10.0. The molecule has 126 valence electrons. The maximum absolute atomic E-state index is 12.1. The first-order chi connectivity index (χ1) is 11.0. The molecule has 0 spiro atoms. The number of carbonyl (C=O) groups excluding carboxylic acids is 2. The van der Waals surface area contributed by atoms with Crippen LogP contribution in [0.1, 0.15) is 25.0 Å². The minimum Gasteiger partial charge on any atom is -0.369 e. The number of rotatable bonds is 5. The second-order valence-corrected chi connectivity index (χ2v) is 6.67. The van der Waals surface area contributed by atoms with E-state index in [1.165, 1.54) is 5.69 Å². The highest BCUT2D eigenvalue weighted by molar-refractivity contribution is 5.88. The van der Waals surface area contributed by atoms with Gasteiger partial charge in [-0.3, -0.25) is 9.59 Å². The molecule has 23 heavy (non-hydrogen) atoms. The summed E-state index contributed by atoms with van der Waals surface area (Å²) < 4.78 is 2.06. The summed E-state index contributed by atoms with van der Waals surface area (Å²) in [6, 6.07) is 0.264. The second kappa shape index (κ2) is 6.70. The topological polar surface area (TPSA) is 84.5 Å². The average Bonchev–Trinajstić information content (AvgIpc) is 3.12. The largest absolute Gasteiger partial charge is 0.369 e. The monoisotopic (exact) mass is 319 g/mol. The van der Waals surface area contributed by atoms with E-state index in [9.17, 15) is 9.59 Å². The number of piperidine rings is 1. The molecule has 1 aromatic heterocycles. The number of amides is 2. The van der Waals surface area contributed by atoms with Crippen LogP contribution in [-0.2, 0) is 23.1 Å². The van der Waals surface area contributed by atoms with Crippen molar-refractivity contribution in [1.82, 2.24) is 19.4 Å². The molecule has 0 saturated carbocycles. The molecule has 2 aliphatic rings. The van der Waals surface area contributed by atoms with Gasteiger partial charge in [0.2, 0.25) is 11.8 Å². The number of primary amides is 1. The summed E-state index contributed by atoms with van der Waals surface area (Å²) in [6.07, 6.45) is 6.98. The Balaban J connectivity index is 1.46. The first-order valence-corrected chi connectivity index (χ1v) is 8.31. The lowest BCUT2D eigenvalue weighted by molar-refractivity contribution is -0.130. The van der Waals surface area contributed by atoms with E-state index in [4.69, 9.17) is 5.73 Å². The molecule has 3 rings (SSSR count). The number of likely N-dealkylation sites (tertiary alicyclic amines) is 2. The highest BCUT2D eigenvalue weighted by atomic mass is 16.2. The molecule has 0 bridgehead atoms. The number of nitrogens with zero attached hydrogens (tertiary/aromatic N) is 4. The molecule has 2 fully saturated rings. The minimum atomic E-state index is -0.352. The van der Waals surface area contributed by atoms with Crippen molar-refractivity contribution < 1.29 is 9.59 Å². The van der Waals surface area contributed by atoms with E-state index in [2.05, 4.69) is 14.5 Å². The molecule has 0 aromatic carbocycles. The number of imidazole rings is 1.